The van der Waals surface area contributed by atoms with Gasteiger partial charge in [0.15, 0.2) is 6.61 Å². The minimum absolute atomic E-state index is 0.147. The lowest BCUT2D eigenvalue weighted by molar-refractivity contribution is -0.123. The summed E-state index contributed by atoms with van der Waals surface area (Å²) < 4.78 is 23.0. The average Bonchev–Trinajstić information content (AvgIpc) is 2.40. The zero-order chi connectivity index (χ0) is 14.1. The highest BCUT2D eigenvalue weighted by molar-refractivity contribution is 5.78. The number of rotatable bonds is 8. The Morgan fingerprint density at radius 1 is 1.42 bits per heavy atom. The van der Waals surface area contributed by atoms with Gasteiger partial charge in [-0.15, -0.1) is 0 Å². The molecule has 0 heterocycles. The van der Waals surface area contributed by atoms with Gasteiger partial charge in [0.25, 0.3) is 5.91 Å². The minimum Gasteiger partial charge on any atom is -0.484 e. The first-order chi connectivity index (χ1) is 9.15. The van der Waals surface area contributed by atoms with Crippen LogP contribution in [0.2, 0.25) is 0 Å². The van der Waals surface area contributed by atoms with Crippen molar-refractivity contribution in [3.8, 4) is 5.75 Å². The summed E-state index contributed by atoms with van der Waals surface area (Å²) in [5, 5.41) is 2.62. The van der Waals surface area contributed by atoms with E-state index in [4.69, 9.17) is 9.47 Å². The molecule has 104 valence electrons. The van der Waals surface area contributed by atoms with E-state index < -0.39 is 5.82 Å². The second-order valence-corrected chi connectivity index (χ2v) is 3.82. The van der Waals surface area contributed by atoms with Gasteiger partial charge in [0.2, 0.25) is 0 Å². The highest BCUT2D eigenvalue weighted by atomic mass is 19.1. The van der Waals surface area contributed by atoms with E-state index in [9.17, 15) is 14.0 Å². The number of hydrogen-bond donors (Lipinski definition) is 1. The van der Waals surface area contributed by atoms with E-state index in [1.165, 1.54) is 6.07 Å². The smallest absolute Gasteiger partial charge is 0.257 e. The van der Waals surface area contributed by atoms with Crippen molar-refractivity contribution in [2.45, 2.75) is 6.42 Å². The molecule has 0 unspecified atom stereocenters. The van der Waals surface area contributed by atoms with Crippen LogP contribution in [0.5, 0.6) is 5.75 Å². The van der Waals surface area contributed by atoms with E-state index in [2.05, 4.69) is 5.32 Å². The Kier molecular flexibility index (Phi) is 6.52. The molecule has 0 atom stereocenters. The lowest BCUT2D eigenvalue weighted by atomic mass is 10.2. The van der Waals surface area contributed by atoms with Crippen molar-refractivity contribution < 1.29 is 23.5 Å². The maximum atomic E-state index is 13.1. The second-order valence-electron chi connectivity index (χ2n) is 3.82. The maximum absolute atomic E-state index is 13.1. The highest BCUT2D eigenvalue weighted by Gasteiger charge is 2.05. The predicted molar refractivity (Wildman–Crippen MR) is 66.8 cm³/mol. The highest BCUT2D eigenvalue weighted by Crippen LogP contribution is 2.15. The zero-order valence-corrected chi connectivity index (χ0v) is 10.6. The fourth-order valence-electron chi connectivity index (χ4n) is 1.38. The number of methoxy groups -OCH3 is 1. The SMILES string of the molecule is COCCCNC(=O)COc1cc(F)cc(C=O)c1. The largest absolute Gasteiger partial charge is 0.484 e. The number of hydrogen-bond acceptors (Lipinski definition) is 4. The third-order valence-electron chi connectivity index (χ3n) is 2.25. The van der Waals surface area contributed by atoms with Gasteiger partial charge in [0.1, 0.15) is 17.9 Å². The number of halogens is 1. The zero-order valence-electron chi connectivity index (χ0n) is 10.6. The van der Waals surface area contributed by atoms with Crippen LogP contribution in [0, 0.1) is 5.82 Å². The summed E-state index contributed by atoms with van der Waals surface area (Å²) in [7, 11) is 1.58. The van der Waals surface area contributed by atoms with Gasteiger partial charge in [0, 0.05) is 31.9 Å². The topological polar surface area (TPSA) is 64.6 Å². The summed E-state index contributed by atoms with van der Waals surface area (Å²) in [6.07, 6.45) is 1.22. The molecule has 1 aromatic rings. The lowest BCUT2D eigenvalue weighted by Crippen LogP contribution is -2.30. The van der Waals surface area contributed by atoms with Gasteiger partial charge in [-0.25, -0.2) is 4.39 Å². The maximum Gasteiger partial charge on any atom is 0.257 e. The number of ether oxygens (including phenoxy) is 2. The molecule has 0 saturated heterocycles. The quantitative estimate of drug-likeness (QED) is 0.568. The van der Waals surface area contributed by atoms with Crippen LogP contribution >= 0.6 is 0 Å². The molecule has 0 aliphatic rings. The Morgan fingerprint density at radius 3 is 2.89 bits per heavy atom. The number of carbonyl (C=O) groups excluding carboxylic acids is 2. The van der Waals surface area contributed by atoms with Crippen molar-refractivity contribution in [2.24, 2.45) is 0 Å². The van der Waals surface area contributed by atoms with Crippen molar-refractivity contribution in [3.63, 3.8) is 0 Å². The standard InChI is InChI=1S/C13H16FNO4/c1-18-4-2-3-15-13(17)9-19-12-6-10(8-16)5-11(14)7-12/h5-8H,2-4,9H2,1H3,(H,15,17). The Labute approximate surface area is 110 Å². The molecule has 6 heteroatoms. The summed E-state index contributed by atoms with van der Waals surface area (Å²) in [4.78, 5) is 21.9. The molecule has 1 rings (SSSR count). The average molecular weight is 269 g/mol. The van der Waals surface area contributed by atoms with Crippen molar-refractivity contribution in [2.75, 3.05) is 26.9 Å². The fourth-order valence-corrected chi connectivity index (χ4v) is 1.38. The Balaban J connectivity index is 2.37. The Bertz CT molecular complexity index is 437. The molecule has 19 heavy (non-hydrogen) atoms. The van der Waals surface area contributed by atoms with Gasteiger partial charge in [-0.2, -0.15) is 0 Å². The van der Waals surface area contributed by atoms with E-state index in [1.54, 1.807) is 7.11 Å². The molecule has 0 fully saturated rings. The van der Waals surface area contributed by atoms with E-state index in [0.29, 0.717) is 25.9 Å². The minimum atomic E-state index is -0.583. The van der Waals surface area contributed by atoms with Gasteiger partial charge in [0.05, 0.1) is 0 Å². The van der Waals surface area contributed by atoms with Crippen molar-refractivity contribution in [3.05, 3.63) is 29.6 Å². The summed E-state index contributed by atoms with van der Waals surface area (Å²) in [6.45, 7) is 0.821. The van der Waals surface area contributed by atoms with E-state index in [-0.39, 0.29) is 23.8 Å². The summed E-state index contributed by atoms with van der Waals surface area (Å²) in [6, 6.07) is 3.57. The van der Waals surface area contributed by atoms with Gasteiger partial charge in [-0.05, 0) is 18.6 Å². The molecule has 1 aromatic carbocycles. The van der Waals surface area contributed by atoms with Gasteiger partial charge in [-0.1, -0.05) is 0 Å². The molecular formula is C13H16FNO4. The van der Waals surface area contributed by atoms with Gasteiger partial charge >= 0.3 is 0 Å². The molecule has 0 aliphatic heterocycles. The van der Waals surface area contributed by atoms with Crippen molar-refractivity contribution >= 4 is 12.2 Å². The first-order valence-electron chi connectivity index (χ1n) is 5.80. The molecular weight excluding hydrogens is 253 g/mol. The van der Waals surface area contributed by atoms with Crippen LogP contribution in [0.25, 0.3) is 0 Å². The van der Waals surface area contributed by atoms with Crippen molar-refractivity contribution in [1.82, 2.24) is 5.32 Å². The van der Waals surface area contributed by atoms with Crippen LogP contribution in [0.15, 0.2) is 18.2 Å². The molecule has 1 N–H and O–H groups in total. The molecule has 0 saturated carbocycles. The molecule has 0 radical (unpaired) electrons. The fraction of sp³-hybridized carbons (Fsp3) is 0.385. The third kappa shape index (κ3) is 5.96. The van der Waals surface area contributed by atoms with Crippen LogP contribution < -0.4 is 10.1 Å². The molecule has 0 aliphatic carbocycles. The number of amides is 1. The first kappa shape index (κ1) is 15.1. The second kappa shape index (κ2) is 8.20. The van der Waals surface area contributed by atoms with Crippen LogP contribution in [0.1, 0.15) is 16.8 Å². The summed E-state index contributed by atoms with van der Waals surface area (Å²) in [5.41, 5.74) is 0.163. The van der Waals surface area contributed by atoms with Crippen molar-refractivity contribution in [1.29, 1.82) is 0 Å². The first-order valence-corrected chi connectivity index (χ1v) is 5.80. The van der Waals surface area contributed by atoms with Crippen LogP contribution in [-0.2, 0) is 9.53 Å². The summed E-state index contributed by atoms with van der Waals surface area (Å²) in [5.74, 6) is -0.748. The molecule has 0 aromatic heterocycles. The molecule has 0 spiro atoms. The van der Waals surface area contributed by atoms with E-state index >= 15 is 0 Å². The molecule has 0 bridgehead atoms. The summed E-state index contributed by atoms with van der Waals surface area (Å²) >= 11 is 0. The Hall–Kier alpha value is -1.95. The number of benzene rings is 1. The Morgan fingerprint density at radius 2 is 2.21 bits per heavy atom. The van der Waals surface area contributed by atoms with E-state index in [0.717, 1.165) is 12.1 Å². The van der Waals surface area contributed by atoms with Crippen LogP contribution in [-0.4, -0.2) is 39.1 Å². The number of nitrogens with one attached hydrogen (secondary N) is 1. The molecule has 5 nitrogen and oxygen atoms in total. The number of aldehydes is 1. The monoisotopic (exact) mass is 269 g/mol. The predicted octanol–water partition coefficient (Wildman–Crippen LogP) is 1.17. The normalized spacial score (nSPS) is 10.0. The van der Waals surface area contributed by atoms with Gasteiger partial charge in [-0.3, -0.25) is 9.59 Å². The molecule has 1 amide bonds. The number of carbonyl (C=O) groups is 2. The lowest BCUT2D eigenvalue weighted by Gasteiger charge is -2.08. The third-order valence-corrected chi connectivity index (χ3v) is 2.25. The van der Waals surface area contributed by atoms with Crippen LogP contribution in [0.3, 0.4) is 0 Å². The van der Waals surface area contributed by atoms with Crippen LogP contribution in [0.4, 0.5) is 4.39 Å². The van der Waals surface area contributed by atoms with Gasteiger partial charge < -0.3 is 14.8 Å². The van der Waals surface area contributed by atoms with E-state index in [1.807, 2.05) is 0 Å².